The first kappa shape index (κ1) is 22.9. The first-order valence-electron chi connectivity index (χ1n) is 9.88. The molecule has 0 aliphatic heterocycles. The molecule has 0 radical (unpaired) electrons. The average Bonchev–Trinajstić information content (AvgIpc) is 2.55. The van der Waals surface area contributed by atoms with Gasteiger partial charge in [-0.15, -0.1) is 0 Å². The van der Waals surface area contributed by atoms with E-state index in [1.54, 1.807) is 0 Å². The fraction of sp³-hybridized carbons (Fsp3) is 0.900. The summed E-state index contributed by atoms with van der Waals surface area (Å²) in [7, 11) is -0.970. The quantitative estimate of drug-likeness (QED) is 0.323. The first-order chi connectivity index (χ1) is 11.2. The van der Waals surface area contributed by atoms with Crippen molar-refractivity contribution in [2.75, 3.05) is 12.4 Å². The van der Waals surface area contributed by atoms with Gasteiger partial charge in [0.1, 0.15) is 0 Å². The summed E-state index contributed by atoms with van der Waals surface area (Å²) in [6.07, 6.45) is 21.0. The van der Waals surface area contributed by atoms with E-state index in [2.05, 4.69) is 13.0 Å². The van der Waals surface area contributed by atoms with Gasteiger partial charge in [0.05, 0.1) is 23.2 Å². The van der Waals surface area contributed by atoms with E-state index in [4.69, 9.17) is 5.11 Å². The topological polar surface area (TPSA) is 37.3 Å². The molecule has 0 spiro atoms. The van der Waals surface area contributed by atoms with Gasteiger partial charge in [-0.3, -0.25) is 4.21 Å². The fourth-order valence-corrected chi connectivity index (χ4v) is 3.60. The molecule has 138 valence electrons. The number of unbranched alkanes of at least 4 members (excludes halogenated alkanes) is 13. The van der Waals surface area contributed by atoms with Crippen molar-refractivity contribution in [3.63, 3.8) is 0 Å². The summed E-state index contributed by atoms with van der Waals surface area (Å²) in [6.45, 7) is 4.19. The van der Waals surface area contributed by atoms with Gasteiger partial charge in [-0.1, -0.05) is 90.0 Å². The van der Waals surface area contributed by atoms with Crippen LogP contribution in [-0.4, -0.2) is 21.7 Å². The van der Waals surface area contributed by atoms with Gasteiger partial charge in [-0.05, 0) is 19.8 Å². The number of hydrogen-bond acceptors (Lipinski definition) is 2. The monoisotopic (exact) mass is 344 g/mol. The number of hydrogen-bond donors (Lipinski definition) is 1. The lowest BCUT2D eigenvalue weighted by Crippen LogP contribution is -2.02. The van der Waals surface area contributed by atoms with Crippen molar-refractivity contribution in [2.45, 2.75) is 104 Å². The van der Waals surface area contributed by atoms with E-state index >= 15 is 0 Å². The van der Waals surface area contributed by atoms with Crippen molar-refractivity contribution < 1.29 is 9.32 Å². The Hall–Kier alpha value is -0.150. The van der Waals surface area contributed by atoms with Crippen LogP contribution in [0.1, 0.15) is 104 Å². The molecule has 0 aromatic carbocycles. The Morgan fingerprint density at radius 1 is 0.826 bits per heavy atom. The summed E-state index contributed by atoms with van der Waals surface area (Å²) in [5.41, 5.74) is 0. The molecule has 0 saturated carbocycles. The van der Waals surface area contributed by atoms with Crippen LogP contribution in [-0.2, 0) is 10.8 Å². The predicted molar refractivity (Wildman–Crippen MR) is 104 cm³/mol. The van der Waals surface area contributed by atoms with E-state index in [0.717, 1.165) is 11.3 Å². The van der Waals surface area contributed by atoms with Gasteiger partial charge in [-0.25, -0.2) is 0 Å². The summed E-state index contributed by atoms with van der Waals surface area (Å²) in [5, 5.41) is 8.76. The molecule has 0 fully saturated rings. The molecule has 0 saturated heterocycles. The molecular weight excluding hydrogens is 304 g/mol. The first-order valence-corrected chi connectivity index (χ1v) is 11.2. The van der Waals surface area contributed by atoms with Gasteiger partial charge < -0.3 is 5.11 Å². The molecule has 23 heavy (non-hydrogen) atoms. The van der Waals surface area contributed by atoms with Crippen LogP contribution in [0.3, 0.4) is 0 Å². The third kappa shape index (κ3) is 16.5. The van der Waals surface area contributed by atoms with Crippen LogP contribution in [0.5, 0.6) is 0 Å². The number of aliphatic hydroxyl groups is 1. The molecule has 0 aromatic rings. The van der Waals surface area contributed by atoms with Crippen LogP contribution >= 0.6 is 0 Å². The molecule has 2 nitrogen and oxygen atoms in total. The highest BCUT2D eigenvalue weighted by molar-refractivity contribution is 7.88. The Labute approximate surface area is 147 Å². The van der Waals surface area contributed by atoms with E-state index in [1.165, 1.54) is 83.5 Å². The summed E-state index contributed by atoms with van der Waals surface area (Å²) < 4.78 is 11.6. The van der Waals surface area contributed by atoms with E-state index in [1.807, 2.05) is 6.92 Å². The molecular formula is C20H40O2S. The van der Waals surface area contributed by atoms with E-state index in [9.17, 15) is 4.21 Å². The van der Waals surface area contributed by atoms with Gasteiger partial charge in [0.25, 0.3) is 0 Å². The van der Waals surface area contributed by atoms with Crippen molar-refractivity contribution >= 4 is 10.8 Å². The predicted octanol–water partition coefficient (Wildman–Crippen LogP) is 6.11. The second kappa shape index (κ2) is 18.2. The maximum absolute atomic E-state index is 11.6. The number of allylic oxidation sites excluding steroid dienone is 2. The highest BCUT2D eigenvalue weighted by Crippen LogP contribution is 2.13. The van der Waals surface area contributed by atoms with Crippen LogP contribution in [0, 0.1) is 0 Å². The number of rotatable bonds is 17. The van der Waals surface area contributed by atoms with E-state index in [0.29, 0.717) is 5.75 Å². The summed E-state index contributed by atoms with van der Waals surface area (Å²) in [4.78, 5) is 0.929. The zero-order valence-electron chi connectivity index (χ0n) is 15.7. The fourth-order valence-electron chi connectivity index (χ4n) is 2.80. The molecule has 0 amide bonds. The van der Waals surface area contributed by atoms with Crippen molar-refractivity contribution in [3.8, 4) is 0 Å². The minimum absolute atomic E-state index is 0.0104. The maximum Gasteiger partial charge on any atom is 0.0550 e. The largest absolute Gasteiger partial charge is 0.395 e. The van der Waals surface area contributed by atoms with E-state index in [-0.39, 0.29) is 6.61 Å². The Morgan fingerprint density at radius 3 is 1.70 bits per heavy atom. The van der Waals surface area contributed by atoms with Crippen molar-refractivity contribution in [1.82, 2.24) is 0 Å². The third-order valence-electron chi connectivity index (χ3n) is 4.38. The highest BCUT2D eigenvalue weighted by atomic mass is 32.2. The van der Waals surface area contributed by atoms with Crippen LogP contribution in [0.25, 0.3) is 0 Å². The molecule has 0 aliphatic rings. The van der Waals surface area contributed by atoms with Crippen molar-refractivity contribution in [1.29, 1.82) is 0 Å². The second-order valence-corrected chi connectivity index (χ2v) is 8.36. The van der Waals surface area contributed by atoms with Gasteiger partial charge in [-0.2, -0.15) is 0 Å². The summed E-state index contributed by atoms with van der Waals surface area (Å²) in [6, 6.07) is 0. The molecule has 1 atom stereocenters. The lowest BCUT2D eigenvalue weighted by atomic mass is 10.0. The molecule has 0 rings (SSSR count). The van der Waals surface area contributed by atoms with Gasteiger partial charge in [0.2, 0.25) is 0 Å². The van der Waals surface area contributed by atoms with Crippen molar-refractivity contribution in [3.05, 3.63) is 11.0 Å². The highest BCUT2D eigenvalue weighted by Gasteiger charge is 2.00. The third-order valence-corrected chi connectivity index (χ3v) is 5.81. The lowest BCUT2D eigenvalue weighted by molar-refractivity contribution is 0.321. The molecule has 1 N–H and O–H groups in total. The standard InChI is InChI=1S/C20H40O2S/c1-3-4-5-6-7-8-9-10-11-12-13-14-15-16-17-20(2)23(22)19-18-21/h17,21H,3-16,18-19H2,1-2H3. The molecule has 0 bridgehead atoms. The molecule has 1 unspecified atom stereocenters. The lowest BCUT2D eigenvalue weighted by Gasteiger charge is -2.03. The van der Waals surface area contributed by atoms with Crippen molar-refractivity contribution in [2.24, 2.45) is 0 Å². The van der Waals surface area contributed by atoms with Crippen LogP contribution < -0.4 is 0 Å². The zero-order valence-corrected chi connectivity index (χ0v) is 16.5. The molecule has 3 heteroatoms. The van der Waals surface area contributed by atoms with Gasteiger partial charge >= 0.3 is 0 Å². The molecule has 0 heterocycles. The summed E-state index contributed by atoms with van der Waals surface area (Å²) >= 11 is 0. The SMILES string of the molecule is CCCCCCCCCCCCCCCC=C(C)S(=O)CCO. The average molecular weight is 345 g/mol. The van der Waals surface area contributed by atoms with Gasteiger partial charge in [0.15, 0.2) is 0 Å². The second-order valence-electron chi connectivity index (χ2n) is 6.62. The summed E-state index contributed by atoms with van der Waals surface area (Å²) in [5.74, 6) is 0.376. The van der Waals surface area contributed by atoms with Gasteiger partial charge in [0, 0.05) is 4.91 Å². The minimum atomic E-state index is -0.970. The Morgan fingerprint density at radius 2 is 1.26 bits per heavy atom. The Bertz CT molecular complexity index is 300. The molecule has 0 aliphatic carbocycles. The van der Waals surface area contributed by atoms with Crippen LogP contribution in [0.4, 0.5) is 0 Å². The molecule has 0 aromatic heterocycles. The zero-order chi connectivity index (χ0) is 17.2. The minimum Gasteiger partial charge on any atom is -0.395 e. The Kier molecular flexibility index (Phi) is 18.1. The maximum atomic E-state index is 11.6. The normalized spacial score (nSPS) is 13.4. The van der Waals surface area contributed by atoms with Crippen LogP contribution in [0.2, 0.25) is 0 Å². The number of aliphatic hydroxyl groups excluding tert-OH is 1. The van der Waals surface area contributed by atoms with E-state index < -0.39 is 10.8 Å². The van der Waals surface area contributed by atoms with Crippen LogP contribution in [0.15, 0.2) is 11.0 Å². The smallest absolute Gasteiger partial charge is 0.0550 e. The Balaban J connectivity index is 3.24.